The fourth-order valence-corrected chi connectivity index (χ4v) is 1.81. The predicted molar refractivity (Wildman–Crippen MR) is 54.4 cm³/mol. The first-order valence-electron chi connectivity index (χ1n) is 5.04. The van der Waals surface area contributed by atoms with E-state index < -0.39 is 0 Å². The lowest BCUT2D eigenvalue weighted by atomic mass is 10.1. The fraction of sp³-hybridized carbons (Fsp3) is 0.600. The van der Waals surface area contributed by atoms with Crippen LogP contribution in [0.2, 0.25) is 0 Å². The lowest BCUT2D eigenvalue weighted by Crippen LogP contribution is -2.21. The third kappa shape index (κ3) is 1.46. The number of aromatic amines is 1. The lowest BCUT2D eigenvalue weighted by Gasteiger charge is -2.08. The molecule has 1 aromatic rings. The van der Waals surface area contributed by atoms with Crippen molar-refractivity contribution in [2.75, 3.05) is 6.54 Å². The minimum Gasteiger partial charge on any atom is -0.330 e. The van der Waals surface area contributed by atoms with Gasteiger partial charge in [0.1, 0.15) is 5.82 Å². The van der Waals surface area contributed by atoms with E-state index in [-0.39, 0.29) is 11.5 Å². The molecule has 1 atom stereocenters. The Hall–Kier alpha value is -1.16. The largest absolute Gasteiger partial charge is 0.330 e. The summed E-state index contributed by atoms with van der Waals surface area (Å²) in [5, 5.41) is 0. The summed E-state index contributed by atoms with van der Waals surface area (Å²) in [7, 11) is 0. The van der Waals surface area contributed by atoms with Crippen molar-refractivity contribution in [1.29, 1.82) is 0 Å². The van der Waals surface area contributed by atoms with Gasteiger partial charge in [-0.2, -0.15) is 0 Å². The van der Waals surface area contributed by atoms with Crippen LogP contribution in [0.5, 0.6) is 0 Å². The molecule has 0 saturated heterocycles. The van der Waals surface area contributed by atoms with E-state index in [1.807, 2.05) is 6.92 Å². The zero-order valence-electron chi connectivity index (χ0n) is 8.34. The van der Waals surface area contributed by atoms with E-state index >= 15 is 0 Å². The van der Waals surface area contributed by atoms with Crippen LogP contribution in [0.4, 0.5) is 0 Å². The number of hydrogen-bond donors (Lipinski definition) is 2. The van der Waals surface area contributed by atoms with E-state index in [2.05, 4.69) is 9.97 Å². The van der Waals surface area contributed by atoms with Crippen LogP contribution >= 0.6 is 0 Å². The lowest BCUT2D eigenvalue weighted by molar-refractivity contribution is 0.698. The van der Waals surface area contributed by atoms with E-state index in [1.54, 1.807) is 0 Å². The van der Waals surface area contributed by atoms with Crippen molar-refractivity contribution < 1.29 is 0 Å². The molecule has 0 aliphatic heterocycles. The highest BCUT2D eigenvalue weighted by molar-refractivity contribution is 5.23. The zero-order chi connectivity index (χ0) is 10.1. The summed E-state index contributed by atoms with van der Waals surface area (Å²) in [4.78, 5) is 18.9. The van der Waals surface area contributed by atoms with Crippen LogP contribution in [0.25, 0.3) is 0 Å². The van der Waals surface area contributed by atoms with Crippen molar-refractivity contribution in [1.82, 2.24) is 9.97 Å². The Bertz CT molecular complexity index is 397. The summed E-state index contributed by atoms with van der Waals surface area (Å²) in [6.45, 7) is 2.49. The minimum absolute atomic E-state index is 0.0304. The smallest absolute Gasteiger partial charge is 0.254 e. The number of nitrogens with one attached hydrogen (secondary N) is 1. The van der Waals surface area contributed by atoms with E-state index in [1.165, 1.54) is 0 Å². The summed E-state index contributed by atoms with van der Waals surface area (Å²) in [6.07, 6.45) is 2.85. The van der Waals surface area contributed by atoms with Gasteiger partial charge in [0.2, 0.25) is 0 Å². The summed E-state index contributed by atoms with van der Waals surface area (Å²) in [5.41, 5.74) is 7.42. The second-order valence-electron chi connectivity index (χ2n) is 3.87. The highest BCUT2D eigenvalue weighted by atomic mass is 16.1. The quantitative estimate of drug-likeness (QED) is 0.710. The Morgan fingerprint density at radius 3 is 3.07 bits per heavy atom. The Morgan fingerprint density at radius 1 is 1.57 bits per heavy atom. The maximum Gasteiger partial charge on any atom is 0.254 e. The number of fused-ring (bicyclic) bond motifs is 1. The number of aromatic nitrogens is 2. The molecule has 1 aliphatic carbocycles. The van der Waals surface area contributed by atoms with Crippen LogP contribution in [-0.4, -0.2) is 16.5 Å². The third-order valence-corrected chi connectivity index (χ3v) is 2.78. The van der Waals surface area contributed by atoms with E-state index in [0.29, 0.717) is 6.54 Å². The minimum atomic E-state index is 0.0304. The molecule has 14 heavy (non-hydrogen) atoms. The molecular weight excluding hydrogens is 178 g/mol. The number of H-pyrrole nitrogens is 1. The predicted octanol–water partition coefficient (Wildman–Crippen LogP) is 0.321. The Labute approximate surface area is 82.6 Å². The zero-order valence-corrected chi connectivity index (χ0v) is 8.34. The van der Waals surface area contributed by atoms with Crippen molar-refractivity contribution in [3.63, 3.8) is 0 Å². The molecule has 2 rings (SSSR count). The Kier molecular flexibility index (Phi) is 2.37. The number of aryl methyl sites for hydroxylation is 1. The number of nitrogens with zero attached hydrogens (tertiary/aromatic N) is 1. The van der Waals surface area contributed by atoms with Crippen LogP contribution in [0.3, 0.4) is 0 Å². The SMILES string of the molecule is CC(CN)c1nc2c(c(=O)[nH]1)CCC2. The molecule has 0 aromatic carbocycles. The maximum atomic E-state index is 11.6. The van der Waals surface area contributed by atoms with Crippen molar-refractivity contribution in [2.24, 2.45) is 5.73 Å². The summed E-state index contributed by atoms with van der Waals surface area (Å²) >= 11 is 0. The molecule has 0 amide bonds. The van der Waals surface area contributed by atoms with Gasteiger partial charge in [0.15, 0.2) is 0 Å². The molecule has 0 radical (unpaired) electrons. The molecule has 0 fully saturated rings. The van der Waals surface area contributed by atoms with Gasteiger partial charge in [0, 0.05) is 18.0 Å². The van der Waals surface area contributed by atoms with Crippen LogP contribution in [0.1, 0.15) is 36.3 Å². The molecular formula is C10H15N3O. The number of hydrogen-bond acceptors (Lipinski definition) is 3. The van der Waals surface area contributed by atoms with Gasteiger partial charge in [-0.25, -0.2) is 4.98 Å². The monoisotopic (exact) mass is 193 g/mol. The van der Waals surface area contributed by atoms with Crippen molar-refractivity contribution in [3.8, 4) is 0 Å². The normalized spacial score (nSPS) is 16.7. The first-order valence-corrected chi connectivity index (χ1v) is 5.04. The summed E-state index contributed by atoms with van der Waals surface area (Å²) in [5.74, 6) is 0.867. The summed E-state index contributed by atoms with van der Waals surface area (Å²) < 4.78 is 0. The van der Waals surface area contributed by atoms with E-state index in [9.17, 15) is 4.79 Å². The third-order valence-electron chi connectivity index (χ3n) is 2.78. The van der Waals surface area contributed by atoms with Gasteiger partial charge in [0.25, 0.3) is 5.56 Å². The highest BCUT2D eigenvalue weighted by Crippen LogP contribution is 2.17. The Morgan fingerprint density at radius 2 is 2.36 bits per heavy atom. The average Bonchev–Trinajstić information content (AvgIpc) is 2.64. The van der Waals surface area contributed by atoms with Gasteiger partial charge in [-0.15, -0.1) is 0 Å². The van der Waals surface area contributed by atoms with Gasteiger partial charge in [-0.05, 0) is 19.3 Å². The number of nitrogens with two attached hydrogens (primary N) is 1. The van der Waals surface area contributed by atoms with E-state index in [4.69, 9.17) is 5.73 Å². The maximum absolute atomic E-state index is 11.6. The highest BCUT2D eigenvalue weighted by Gasteiger charge is 2.18. The van der Waals surface area contributed by atoms with Crippen molar-refractivity contribution in [2.45, 2.75) is 32.1 Å². The second kappa shape index (κ2) is 3.53. The first-order chi connectivity index (χ1) is 6.72. The van der Waals surface area contributed by atoms with Crippen molar-refractivity contribution in [3.05, 3.63) is 27.4 Å². The molecule has 76 valence electrons. The molecule has 4 heteroatoms. The van der Waals surface area contributed by atoms with Crippen LogP contribution in [0, 0.1) is 0 Å². The molecule has 4 nitrogen and oxygen atoms in total. The molecule has 0 bridgehead atoms. The molecule has 1 aromatic heterocycles. The second-order valence-corrected chi connectivity index (χ2v) is 3.87. The topological polar surface area (TPSA) is 71.8 Å². The molecule has 1 aliphatic rings. The molecule has 1 unspecified atom stereocenters. The van der Waals surface area contributed by atoms with Crippen LogP contribution < -0.4 is 11.3 Å². The molecule has 0 spiro atoms. The van der Waals surface area contributed by atoms with Gasteiger partial charge < -0.3 is 10.7 Å². The summed E-state index contributed by atoms with van der Waals surface area (Å²) in [6, 6.07) is 0. The van der Waals surface area contributed by atoms with Gasteiger partial charge in [-0.3, -0.25) is 4.79 Å². The standard InChI is InChI=1S/C10H15N3O/c1-6(5-11)9-12-8-4-2-3-7(8)10(14)13-9/h6H,2-5,11H2,1H3,(H,12,13,14). The van der Waals surface area contributed by atoms with Gasteiger partial charge in [-0.1, -0.05) is 6.92 Å². The number of rotatable bonds is 2. The molecule has 0 saturated carbocycles. The fourth-order valence-electron chi connectivity index (χ4n) is 1.81. The molecule has 3 N–H and O–H groups in total. The first kappa shape index (κ1) is 9.40. The molecule has 1 heterocycles. The van der Waals surface area contributed by atoms with Crippen LogP contribution in [0.15, 0.2) is 4.79 Å². The van der Waals surface area contributed by atoms with Crippen LogP contribution in [-0.2, 0) is 12.8 Å². The average molecular weight is 193 g/mol. The van der Waals surface area contributed by atoms with Crippen molar-refractivity contribution >= 4 is 0 Å². The van der Waals surface area contributed by atoms with Gasteiger partial charge >= 0.3 is 0 Å². The Balaban J connectivity index is 2.47. The van der Waals surface area contributed by atoms with E-state index in [0.717, 1.165) is 36.3 Å². The van der Waals surface area contributed by atoms with Gasteiger partial charge in [0.05, 0.1) is 5.69 Å².